The molecule has 2 aromatic rings. The van der Waals surface area contributed by atoms with Gasteiger partial charge in [0.1, 0.15) is 11.6 Å². The molecule has 0 spiro atoms. The zero-order valence-electron chi connectivity index (χ0n) is 16.5. The normalized spacial score (nSPS) is 12.9. The summed E-state index contributed by atoms with van der Waals surface area (Å²) in [7, 11) is 1.55. The standard InChI is InChI=1S/C22H24FNO5/c1-3-4-15-5-6-19(20(9-15)26-2)28-13-21(25)24-8-7-16-10-18(23)11-17-12-27-14-29-22(16)17/h3-6,9-11H,7-8,12-14H2,1-2H3,(H,24,25)/b4-3+. The average Bonchev–Trinajstić information content (AvgIpc) is 2.72. The number of carbonyl (C=O) groups excluding carboxylic acids is 1. The van der Waals surface area contributed by atoms with E-state index in [1.165, 1.54) is 12.1 Å². The highest BCUT2D eigenvalue weighted by molar-refractivity contribution is 5.77. The first-order chi connectivity index (χ1) is 14.1. The molecule has 154 valence electrons. The lowest BCUT2D eigenvalue weighted by molar-refractivity contribution is -0.123. The Bertz CT molecular complexity index is 897. The number of methoxy groups -OCH3 is 1. The number of ether oxygens (including phenoxy) is 4. The van der Waals surface area contributed by atoms with Crippen molar-refractivity contribution in [1.82, 2.24) is 5.32 Å². The van der Waals surface area contributed by atoms with E-state index in [2.05, 4.69) is 5.32 Å². The lowest BCUT2D eigenvalue weighted by Gasteiger charge is -2.21. The van der Waals surface area contributed by atoms with Gasteiger partial charge >= 0.3 is 0 Å². The maximum Gasteiger partial charge on any atom is 0.257 e. The van der Waals surface area contributed by atoms with Gasteiger partial charge in [-0.05, 0) is 48.7 Å². The molecule has 7 heteroatoms. The van der Waals surface area contributed by atoms with Gasteiger partial charge in [-0.3, -0.25) is 4.79 Å². The molecule has 0 saturated heterocycles. The summed E-state index contributed by atoms with van der Waals surface area (Å²) in [5.41, 5.74) is 2.35. The molecule has 2 aromatic carbocycles. The third kappa shape index (κ3) is 5.48. The first-order valence-electron chi connectivity index (χ1n) is 9.32. The van der Waals surface area contributed by atoms with Crippen molar-refractivity contribution in [1.29, 1.82) is 0 Å². The minimum atomic E-state index is -0.351. The van der Waals surface area contributed by atoms with Crippen LogP contribution in [-0.2, 0) is 22.6 Å². The Labute approximate surface area is 169 Å². The Balaban J connectivity index is 1.52. The molecule has 6 nitrogen and oxygen atoms in total. The highest BCUT2D eigenvalue weighted by Crippen LogP contribution is 2.30. The molecule has 1 aliphatic heterocycles. The third-order valence-electron chi connectivity index (χ3n) is 4.37. The van der Waals surface area contributed by atoms with Crippen LogP contribution < -0.4 is 19.5 Å². The maximum atomic E-state index is 13.8. The topological polar surface area (TPSA) is 66.0 Å². The van der Waals surface area contributed by atoms with E-state index in [-0.39, 0.29) is 25.1 Å². The molecule has 0 bridgehead atoms. The van der Waals surface area contributed by atoms with Gasteiger partial charge in [0.15, 0.2) is 24.9 Å². The second kappa shape index (κ2) is 9.93. The van der Waals surface area contributed by atoms with Gasteiger partial charge in [-0.1, -0.05) is 18.2 Å². The van der Waals surface area contributed by atoms with Crippen molar-refractivity contribution < 1.29 is 28.1 Å². The number of halogens is 1. The molecule has 3 rings (SSSR count). The smallest absolute Gasteiger partial charge is 0.257 e. The average molecular weight is 401 g/mol. The lowest BCUT2D eigenvalue weighted by atomic mass is 10.1. The van der Waals surface area contributed by atoms with E-state index in [0.29, 0.717) is 47.9 Å². The van der Waals surface area contributed by atoms with Crippen molar-refractivity contribution in [3.63, 3.8) is 0 Å². The van der Waals surface area contributed by atoms with E-state index >= 15 is 0 Å². The summed E-state index contributed by atoms with van der Waals surface area (Å²) in [6.45, 7) is 2.57. The second-order valence-corrected chi connectivity index (χ2v) is 6.46. The van der Waals surface area contributed by atoms with Crippen LogP contribution in [0.5, 0.6) is 17.2 Å². The zero-order valence-corrected chi connectivity index (χ0v) is 16.5. The van der Waals surface area contributed by atoms with Gasteiger partial charge in [0.25, 0.3) is 5.91 Å². The molecule has 0 atom stereocenters. The van der Waals surface area contributed by atoms with Crippen LogP contribution in [-0.4, -0.2) is 33.0 Å². The lowest BCUT2D eigenvalue weighted by Crippen LogP contribution is -2.30. The van der Waals surface area contributed by atoms with E-state index in [1.807, 2.05) is 31.2 Å². The number of amides is 1. The van der Waals surface area contributed by atoms with Crippen molar-refractivity contribution in [3.8, 4) is 17.2 Å². The third-order valence-corrected chi connectivity index (χ3v) is 4.37. The molecule has 1 amide bonds. The van der Waals surface area contributed by atoms with Crippen LogP contribution in [0.1, 0.15) is 23.6 Å². The van der Waals surface area contributed by atoms with E-state index in [9.17, 15) is 9.18 Å². The van der Waals surface area contributed by atoms with E-state index in [1.54, 1.807) is 13.2 Å². The number of fused-ring (bicyclic) bond motifs is 1. The van der Waals surface area contributed by atoms with Crippen molar-refractivity contribution in [3.05, 3.63) is 58.9 Å². The van der Waals surface area contributed by atoms with Crippen LogP contribution in [0.15, 0.2) is 36.4 Å². The molecule has 0 radical (unpaired) electrons. The molecular weight excluding hydrogens is 377 g/mol. The first kappa shape index (κ1) is 20.7. The molecular formula is C22H24FNO5. The Hall–Kier alpha value is -3.06. The van der Waals surface area contributed by atoms with Crippen LogP contribution in [0.25, 0.3) is 6.08 Å². The highest BCUT2D eigenvalue weighted by Gasteiger charge is 2.17. The van der Waals surface area contributed by atoms with E-state index in [4.69, 9.17) is 18.9 Å². The minimum Gasteiger partial charge on any atom is -0.493 e. The SMILES string of the molecule is C/C=C/c1ccc(OCC(=O)NCCc2cc(F)cc3c2OCOC3)c(OC)c1. The number of benzene rings is 2. The number of hydrogen-bond acceptors (Lipinski definition) is 5. The summed E-state index contributed by atoms with van der Waals surface area (Å²) in [6, 6.07) is 8.31. The van der Waals surface area contributed by atoms with Crippen molar-refractivity contribution >= 4 is 12.0 Å². The number of hydrogen-bond donors (Lipinski definition) is 1. The summed E-state index contributed by atoms with van der Waals surface area (Å²) in [5.74, 6) is 1.05. The molecule has 0 aliphatic carbocycles. The van der Waals surface area contributed by atoms with Crippen LogP contribution >= 0.6 is 0 Å². The molecule has 1 heterocycles. The molecule has 0 fully saturated rings. The molecule has 29 heavy (non-hydrogen) atoms. The predicted octanol–water partition coefficient (Wildman–Crippen LogP) is 3.47. The fourth-order valence-corrected chi connectivity index (χ4v) is 3.07. The summed E-state index contributed by atoms with van der Waals surface area (Å²) in [5, 5.41) is 2.77. The van der Waals surface area contributed by atoms with Crippen LogP contribution in [0.3, 0.4) is 0 Å². The van der Waals surface area contributed by atoms with E-state index < -0.39 is 0 Å². The van der Waals surface area contributed by atoms with Gasteiger partial charge in [-0.25, -0.2) is 4.39 Å². The van der Waals surface area contributed by atoms with Gasteiger partial charge in [0.2, 0.25) is 0 Å². The molecule has 0 saturated carbocycles. The molecule has 0 unspecified atom stereocenters. The quantitative estimate of drug-likeness (QED) is 0.734. The molecule has 1 aliphatic rings. The Kier molecular flexibility index (Phi) is 7.08. The predicted molar refractivity (Wildman–Crippen MR) is 107 cm³/mol. The van der Waals surface area contributed by atoms with Crippen LogP contribution in [0, 0.1) is 5.82 Å². The fraction of sp³-hybridized carbons (Fsp3) is 0.318. The van der Waals surface area contributed by atoms with Crippen LogP contribution in [0.2, 0.25) is 0 Å². The largest absolute Gasteiger partial charge is 0.493 e. The van der Waals surface area contributed by atoms with Crippen molar-refractivity contribution in [2.24, 2.45) is 0 Å². The summed E-state index contributed by atoms with van der Waals surface area (Å²) in [6.07, 6.45) is 4.31. The Morgan fingerprint density at radius 2 is 2.14 bits per heavy atom. The Morgan fingerprint density at radius 3 is 2.93 bits per heavy atom. The number of allylic oxidation sites excluding steroid dienone is 1. The fourth-order valence-electron chi connectivity index (χ4n) is 3.07. The number of nitrogens with one attached hydrogen (secondary N) is 1. The monoisotopic (exact) mass is 401 g/mol. The first-order valence-corrected chi connectivity index (χ1v) is 9.32. The summed E-state index contributed by atoms with van der Waals surface area (Å²) < 4.78 is 35.3. The van der Waals surface area contributed by atoms with Gasteiger partial charge in [-0.2, -0.15) is 0 Å². The Morgan fingerprint density at radius 1 is 1.28 bits per heavy atom. The van der Waals surface area contributed by atoms with Gasteiger partial charge in [0, 0.05) is 12.1 Å². The van der Waals surface area contributed by atoms with Gasteiger partial charge in [0.05, 0.1) is 13.7 Å². The summed E-state index contributed by atoms with van der Waals surface area (Å²) >= 11 is 0. The number of rotatable bonds is 8. The van der Waals surface area contributed by atoms with Crippen molar-refractivity contribution in [2.75, 3.05) is 27.1 Å². The number of carbonyl (C=O) groups is 1. The summed E-state index contributed by atoms with van der Waals surface area (Å²) in [4.78, 5) is 12.1. The van der Waals surface area contributed by atoms with Crippen molar-refractivity contribution in [2.45, 2.75) is 20.0 Å². The van der Waals surface area contributed by atoms with Gasteiger partial charge < -0.3 is 24.3 Å². The van der Waals surface area contributed by atoms with Crippen LogP contribution in [0.4, 0.5) is 4.39 Å². The molecule has 1 N–H and O–H groups in total. The second-order valence-electron chi connectivity index (χ2n) is 6.46. The van der Waals surface area contributed by atoms with E-state index in [0.717, 1.165) is 5.56 Å². The zero-order chi connectivity index (χ0) is 20.6. The molecule has 0 aromatic heterocycles. The highest BCUT2D eigenvalue weighted by atomic mass is 19.1. The van der Waals surface area contributed by atoms with Gasteiger partial charge in [-0.15, -0.1) is 0 Å². The minimum absolute atomic E-state index is 0.139. The maximum absolute atomic E-state index is 13.8.